The highest BCUT2D eigenvalue weighted by Gasteiger charge is 2.58. The molecule has 1 aliphatic heterocycles. The number of amides is 2. The Bertz CT molecular complexity index is 650. The lowest BCUT2D eigenvalue weighted by Crippen LogP contribution is -2.53. The van der Waals surface area contributed by atoms with E-state index in [1.54, 1.807) is 17.0 Å². The minimum Gasteiger partial charge on any atom is -0.368 e. The van der Waals surface area contributed by atoms with E-state index in [9.17, 15) is 14.0 Å². The monoisotopic (exact) mass is 362 g/mol. The summed E-state index contributed by atoms with van der Waals surface area (Å²) in [6.07, 6.45) is 1.27. The number of benzene rings is 1. The maximum Gasteiger partial charge on any atom is 0.238 e. The molecule has 6 nitrogen and oxygen atoms in total. The zero-order valence-corrected chi connectivity index (χ0v) is 15.5. The highest BCUT2D eigenvalue weighted by molar-refractivity contribution is 6.07. The molecule has 1 heterocycles. The lowest BCUT2D eigenvalue weighted by molar-refractivity contribution is -0.144. The Balaban J connectivity index is 1.53. The standard InChI is InChI=1S/C19H27FN4O2/c1-22(2)10-9-21-17(25)19(7-8-19)18(26)24-13-11-23(12-14-24)16-5-3-15(20)4-6-16/h3-6H,7-14H2,1-2H3,(H,21,25). The van der Waals surface area contributed by atoms with E-state index < -0.39 is 5.41 Å². The maximum atomic E-state index is 13.1. The van der Waals surface area contributed by atoms with Crippen LogP contribution in [0.5, 0.6) is 0 Å². The fraction of sp³-hybridized carbons (Fsp3) is 0.579. The first kappa shape index (κ1) is 18.6. The van der Waals surface area contributed by atoms with Gasteiger partial charge in [0.2, 0.25) is 11.8 Å². The van der Waals surface area contributed by atoms with Crippen LogP contribution in [0.2, 0.25) is 0 Å². The Hall–Kier alpha value is -2.15. The molecule has 7 heteroatoms. The van der Waals surface area contributed by atoms with Crippen molar-refractivity contribution in [3.63, 3.8) is 0 Å². The molecule has 26 heavy (non-hydrogen) atoms. The third-order valence-electron chi connectivity index (χ3n) is 5.20. The molecule has 3 rings (SSSR count). The fourth-order valence-corrected chi connectivity index (χ4v) is 3.35. The molecule has 1 aliphatic carbocycles. The highest BCUT2D eigenvalue weighted by atomic mass is 19.1. The van der Waals surface area contributed by atoms with Crippen molar-refractivity contribution in [3.8, 4) is 0 Å². The maximum absolute atomic E-state index is 13.1. The number of nitrogens with zero attached hydrogens (tertiary/aromatic N) is 3. The number of carbonyl (C=O) groups excluding carboxylic acids is 2. The molecule has 1 aromatic carbocycles. The number of piperazine rings is 1. The summed E-state index contributed by atoms with van der Waals surface area (Å²) in [6, 6.07) is 6.41. The van der Waals surface area contributed by atoms with Crippen LogP contribution < -0.4 is 10.2 Å². The van der Waals surface area contributed by atoms with E-state index in [0.717, 1.165) is 12.2 Å². The van der Waals surface area contributed by atoms with Gasteiger partial charge in [-0.1, -0.05) is 0 Å². The van der Waals surface area contributed by atoms with Crippen LogP contribution in [-0.2, 0) is 9.59 Å². The Morgan fingerprint density at radius 1 is 1.12 bits per heavy atom. The van der Waals surface area contributed by atoms with Crippen molar-refractivity contribution in [1.82, 2.24) is 15.1 Å². The van der Waals surface area contributed by atoms with Gasteiger partial charge in [0.1, 0.15) is 11.2 Å². The summed E-state index contributed by atoms with van der Waals surface area (Å²) in [4.78, 5) is 31.3. The first-order valence-corrected chi connectivity index (χ1v) is 9.15. The second-order valence-corrected chi connectivity index (χ2v) is 7.40. The predicted molar refractivity (Wildman–Crippen MR) is 98.4 cm³/mol. The van der Waals surface area contributed by atoms with Gasteiger partial charge in [0.25, 0.3) is 0 Å². The van der Waals surface area contributed by atoms with Crippen molar-refractivity contribution in [2.75, 3.05) is 58.3 Å². The summed E-state index contributed by atoms with van der Waals surface area (Å²) >= 11 is 0. The van der Waals surface area contributed by atoms with Gasteiger partial charge in [-0.2, -0.15) is 0 Å². The summed E-state index contributed by atoms with van der Waals surface area (Å²) in [5, 5.41) is 2.90. The van der Waals surface area contributed by atoms with Gasteiger partial charge in [-0.25, -0.2) is 4.39 Å². The van der Waals surface area contributed by atoms with Crippen LogP contribution in [0.15, 0.2) is 24.3 Å². The molecule has 0 radical (unpaired) electrons. The molecule has 0 aromatic heterocycles. The van der Waals surface area contributed by atoms with Gasteiger partial charge in [-0.05, 0) is 51.2 Å². The van der Waals surface area contributed by atoms with Gasteiger partial charge in [-0.15, -0.1) is 0 Å². The van der Waals surface area contributed by atoms with Crippen molar-refractivity contribution < 1.29 is 14.0 Å². The molecule has 1 aromatic rings. The van der Waals surface area contributed by atoms with E-state index in [1.165, 1.54) is 12.1 Å². The van der Waals surface area contributed by atoms with E-state index in [0.29, 0.717) is 45.6 Å². The minimum atomic E-state index is -0.843. The van der Waals surface area contributed by atoms with Gasteiger partial charge in [-0.3, -0.25) is 9.59 Å². The molecular formula is C19H27FN4O2. The van der Waals surface area contributed by atoms with Crippen LogP contribution in [0.4, 0.5) is 10.1 Å². The normalized spacial score (nSPS) is 18.8. The van der Waals surface area contributed by atoms with Crippen molar-refractivity contribution >= 4 is 17.5 Å². The highest BCUT2D eigenvalue weighted by Crippen LogP contribution is 2.47. The van der Waals surface area contributed by atoms with Crippen molar-refractivity contribution in [3.05, 3.63) is 30.1 Å². The Kier molecular flexibility index (Phi) is 5.46. The largest absolute Gasteiger partial charge is 0.368 e. The number of anilines is 1. The molecule has 1 saturated heterocycles. The lowest BCUT2D eigenvalue weighted by atomic mass is 10.0. The number of hydrogen-bond acceptors (Lipinski definition) is 4. The SMILES string of the molecule is CN(C)CCNC(=O)C1(C(=O)N2CCN(c3ccc(F)cc3)CC2)CC1. The second-order valence-electron chi connectivity index (χ2n) is 7.40. The van der Waals surface area contributed by atoms with Crippen LogP contribution >= 0.6 is 0 Å². The molecule has 0 atom stereocenters. The van der Waals surface area contributed by atoms with Crippen molar-refractivity contribution in [2.24, 2.45) is 5.41 Å². The molecule has 0 unspecified atom stereocenters. The smallest absolute Gasteiger partial charge is 0.238 e. The van der Waals surface area contributed by atoms with E-state index in [4.69, 9.17) is 0 Å². The number of carbonyl (C=O) groups is 2. The van der Waals surface area contributed by atoms with Gasteiger partial charge >= 0.3 is 0 Å². The fourth-order valence-electron chi connectivity index (χ4n) is 3.35. The molecule has 1 saturated carbocycles. The summed E-state index contributed by atoms with van der Waals surface area (Å²) in [6.45, 7) is 3.86. The summed E-state index contributed by atoms with van der Waals surface area (Å²) in [5.74, 6) is -0.428. The molecule has 1 N–H and O–H groups in total. The topological polar surface area (TPSA) is 55.9 Å². The average Bonchev–Trinajstić information content (AvgIpc) is 3.43. The predicted octanol–water partition coefficient (Wildman–Crippen LogP) is 0.932. The first-order chi connectivity index (χ1) is 12.4. The van der Waals surface area contributed by atoms with Gasteiger partial charge < -0.3 is 20.0 Å². The molecule has 142 valence electrons. The second kappa shape index (κ2) is 7.61. The Morgan fingerprint density at radius 2 is 1.73 bits per heavy atom. The lowest BCUT2D eigenvalue weighted by Gasteiger charge is -2.37. The molecule has 2 amide bonds. The number of nitrogens with one attached hydrogen (secondary N) is 1. The van der Waals surface area contributed by atoms with Gasteiger partial charge in [0, 0.05) is 45.0 Å². The summed E-state index contributed by atoms with van der Waals surface area (Å²) in [5.41, 5.74) is 0.116. The third kappa shape index (κ3) is 3.98. The van der Waals surface area contributed by atoms with Crippen LogP contribution in [0.25, 0.3) is 0 Å². The zero-order valence-electron chi connectivity index (χ0n) is 15.5. The van der Waals surface area contributed by atoms with E-state index in [2.05, 4.69) is 10.2 Å². The van der Waals surface area contributed by atoms with E-state index in [1.807, 2.05) is 19.0 Å². The minimum absolute atomic E-state index is 0.0430. The van der Waals surface area contributed by atoms with Crippen LogP contribution in [0.3, 0.4) is 0 Å². The molecule has 0 spiro atoms. The Morgan fingerprint density at radius 3 is 2.27 bits per heavy atom. The van der Waals surface area contributed by atoms with Gasteiger partial charge in [0.05, 0.1) is 0 Å². The quantitative estimate of drug-likeness (QED) is 0.765. The number of hydrogen-bond donors (Lipinski definition) is 1. The summed E-state index contributed by atoms with van der Waals surface area (Å²) in [7, 11) is 3.90. The zero-order chi connectivity index (χ0) is 18.7. The van der Waals surface area contributed by atoms with Crippen LogP contribution in [0.1, 0.15) is 12.8 Å². The van der Waals surface area contributed by atoms with Gasteiger partial charge in [0.15, 0.2) is 0 Å². The first-order valence-electron chi connectivity index (χ1n) is 9.15. The van der Waals surface area contributed by atoms with Crippen molar-refractivity contribution in [1.29, 1.82) is 0 Å². The van der Waals surface area contributed by atoms with E-state index >= 15 is 0 Å². The van der Waals surface area contributed by atoms with Crippen LogP contribution in [-0.4, -0.2) is 75.0 Å². The molecule has 2 fully saturated rings. The average molecular weight is 362 g/mol. The number of rotatable bonds is 6. The third-order valence-corrected chi connectivity index (χ3v) is 5.20. The van der Waals surface area contributed by atoms with Crippen molar-refractivity contribution in [2.45, 2.75) is 12.8 Å². The van der Waals surface area contributed by atoms with E-state index in [-0.39, 0.29) is 17.6 Å². The molecular weight excluding hydrogens is 335 g/mol. The Labute approximate surface area is 153 Å². The van der Waals surface area contributed by atoms with Crippen LogP contribution in [0, 0.1) is 11.2 Å². The number of halogens is 1. The molecule has 2 aliphatic rings. The molecule has 0 bridgehead atoms. The number of likely N-dealkylation sites (N-methyl/N-ethyl adjacent to an activating group) is 1. The summed E-state index contributed by atoms with van der Waals surface area (Å²) < 4.78 is 13.1.